The molecule has 0 aliphatic heterocycles. The molecule has 0 saturated carbocycles. The van der Waals surface area contributed by atoms with Gasteiger partial charge in [-0.25, -0.2) is 0 Å². The first-order valence-electron chi connectivity index (χ1n) is 5.15. The van der Waals surface area contributed by atoms with Gasteiger partial charge in [-0.1, -0.05) is 11.6 Å². The number of alkyl halides is 1. The first-order valence-corrected chi connectivity index (χ1v) is 5.97. The fourth-order valence-electron chi connectivity index (χ4n) is 1.65. The van der Waals surface area contributed by atoms with Crippen molar-refractivity contribution in [1.29, 1.82) is 0 Å². The van der Waals surface area contributed by atoms with E-state index in [4.69, 9.17) is 32.4 Å². The summed E-state index contributed by atoms with van der Waals surface area (Å²) in [7, 11) is 1.60. The minimum Gasteiger partial charge on any atom is -0.496 e. The van der Waals surface area contributed by atoms with Gasteiger partial charge in [-0.3, -0.25) is 0 Å². The van der Waals surface area contributed by atoms with Crippen LogP contribution in [-0.4, -0.2) is 7.11 Å². The van der Waals surface area contributed by atoms with Gasteiger partial charge in [0, 0.05) is 10.6 Å². The van der Waals surface area contributed by atoms with Gasteiger partial charge in [0.25, 0.3) is 0 Å². The number of furan rings is 1. The van der Waals surface area contributed by atoms with Crippen LogP contribution in [0.5, 0.6) is 5.75 Å². The zero-order valence-corrected chi connectivity index (χ0v) is 11.0. The lowest BCUT2D eigenvalue weighted by atomic mass is 10.1. The second kappa shape index (κ2) is 5.03. The Labute approximate surface area is 110 Å². The van der Waals surface area contributed by atoms with Crippen molar-refractivity contribution in [2.45, 2.75) is 12.3 Å². The van der Waals surface area contributed by atoms with Gasteiger partial charge in [0.15, 0.2) is 0 Å². The van der Waals surface area contributed by atoms with Gasteiger partial charge in [0.2, 0.25) is 0 Å². The van der Waals surface area contributed by atoms with E-state index in [9.17, 15) is 0 Å². The number of hydrogen-bond acceptors (Lipinski definition) is 2. The maximum absolute atomic E-state index is 6.37. The van der Waals surface area contributed by atoms with Gasteiger partial charge in [-0.2, -0.15) is 0 Å². The topological polar surface area (TPSA) is 22.4 Å². The van der Waals surface area contributed by atoms with E-state index < -0.39 is 5.38 Å². The van der Waals surface area contributed by atoms with E-state index in [-0.39, 0.29) is 0 Å². The highest BCUT2D eigenvalue weighted by molar-refractivity contribution is 6.31. The molecule has 0 aliphatic carbocycles. The van der Waals surface area contributed by atoms with Crippen LogP contribution in [0.4, 0.5) is 0 Å². The number of rotatable bonds is 3. The lowest BCUT2D eigenvalue weighted by Crippen LogP contribution is -1.96. The summed E-state index contributed by atoms with van der Waals surface area (Å²) in [6.07, 6.45) is 0. The summed E-state index contributed by atoms with van der Waals surface area (Å²) in [4.78, 5) is 0. The number of hydrogen-bond donors (Lipinski definition) is 0. The Bertz CT molecular complexity index is 520. The maximum atomic E-state index is 6.37. The van der Waals surface area contributed by atoms with Gasteiger partial charge < -0.3 is 9.15 Å². The van der Waals surface area contributed by atoms with E-state index in [1.165, 1.54) is 0 Å². The third-order valence-electron chi connectivity index (χ3n) is 2.48. The highest BCUT2D eigenvalue weighted by Crippen LogP contribution is 2.37. The summed E-state index contributed by atoms with van der Waals surface area (Å²) in [5.74, 6) is 2.21. The second-order valence-corrected chi connectivity index (χ2v) is 4.57. The maximum Gasteiger partial charge on any atom is 0.126 e. The van der Waals surface area contributed by atoms with Gasteiger partial charge in [0.05, 0.1) is 7.11 Å². The molecule has 1 unspecified atom stereocenters. The van der Waals surface area contributed by atoms with Gasteiger partial charge in [-0.15, -0.1) is 11.6 Å². The van der Waals surface area contributed by atoms with E-state index in [0.717, 1.165) is 11.3 Å². The zero-order chi connectivity index (χ0) is 12.4. The Hall–Kier alpha value is -1.12. The van der Waals surface area contributed by atoms with Crippen molar-refractivity contribution in [2.75, 3.05) is 7.11 Å². The first-order chi connectivity index (χ1) is 8.11. The molecule has 0 bridgehead atoms. The fourth-order valence-corrected chi connectivity index (χ4v) is 2.11. The van der Waals surface area contributed by atoms with Crippen LogP contribution in [0.1, 0.15) is 22.5 Å². The Morgan fingerprint density at radius 2 is 2.00 bits per heavy atom. The normalized spacial score (nSPS) is 12.5. The number of aryl methyl sites for hydroxylation is 1. The smallest absolute Gasteiger partial charge is 0.126 e. The van der Waals surface area contributed by atoms with Crippen LogP contribution in [0.15, 0.2) is 34.7 Å². The predicted octanol–water partition coefficient (Wildman–Crippen LogP) is 4.58. The van der Waals surface area contributed by atoms with E-state index in [0.29, 0.717) is 16.5 Å². The Kier molecular flexibility index (Phi) is 3.65. The molecule has 2 rings (SSSR count). The van der Waals surface area contributed by atoms with Crippen molar-refractivity contribution in [3.8, 4) is 5.75 Å². The number of halogens is 2. The second-order valence-electron chi connectivity index (χ2n) is 3.70. The molecular formula is C13H12Cl2O2. The SMILES string of the molecule is COc1ccc(Cl)cc1C(Cl)c1ccc(C)o1. The van der Waals surface area contributed by atoms with Gasteiger partial charge in [0.1, 0.15) is 22.6 Å². The summed E-state index contributed by atoms with van der Waals surface area (Å²) >= 11 is 12.3. The van der Waals surface area contributed by atoms with Crippen molar-refractivity contribution < 1.29 is 9.15 Å². The molecule has 0 amide bonds. The number of ether oxygens (including phenoxy) is 1. The zero-order valence-electron chi connectivity index (χ0n) is 9.54. The highest BCUT2D eigenvalue weighted by Gasteiger charge is 2.19. The summed E-state index contributed by atoms with van der Waals surface area (Å²) in [6, 6.07) is 9.08. The molecule has 2 aromatic rings. The summed E-state index contributed by atoms with van der Waals surface area (Å²) in [5.41, 5.74) is 0.802. The monoisotopic (exact) mass is 270 g/mol. The van der Waals surface area contributed by atoms with Crippen molar-refractivity contribution >= 4 is 23.2 Å². The minimum absolute atomic E-state index is 0.405. The molecule has 0 radical (unpaired) electrons. The summed E-state index contributed by atoms with van der Waals surface area (Å²) in [5, 5.41) is 0.215. The predicted molar refractivity (Wildman–Crippen MR) is 69.1 cm³/mol. The van der Waals surface area contributed by atoms with Crippen LogP contribution in [0.2, 0.25) is 5.02 Å². The molecule has 2 nitrogen and oxygen atoms in total. The summed E-state index contributed by atoms with van der Waals surface area (Å²) in [6.45, 7) is 1.88. The lowest BCUT2D eigenvalue weighted by Gasteiger charge is -2.12. The molecule has 1 heterocycles. The molecule has 0 fully saturated rings. The van der Waals surface area contributed by atoms with E-state index in [1.807, 2.05) is 19.1 Å². The Balaban J connectivity index is 2.42. The lowest BCUT2D eigenvalue weighted by molar-refractivity contribution is 0.407. The molecule has 0 N–H and O–H groups in total. The highest BCUT2D eigenvalue weighted by atomic mass is 35.5. The van der Waals surface area contributed by atoms with Gasteiger partial charge >= 0.3 is 0 Å². The third kappa shape index (κ3) is 2.59. The molecule has 0 spiro atoms. The molecule has 4 heteroatoms. The van der Waals surface area contributed by atoms with Crippen molar-refractivity contribution in [2.24, 2.45) is 0 Å². The molecule has 1 atom stereocenters. The van der Waals surface area contributed by atoms with Crippen molar-refractivity contribution in [1.82, 2.24) is 0 Å². The van der Waals surface area contributed by atoms with Crippen LogP contribution in [0.25, 0.3) is 0 Å². The van der Waals surface area contributed by atoms with Crippen LogP contribution in [-0.2, 0) is 0 Å². The minimum atomic E-state index is -0.405. The summed E-state index contributed by atoms with van der Waals surface area (Å²) < 4.78 is 10.8. The molecule has 90 valence electrons. The van der Waals surface area contributed by atoms with E-state index in [2.05, 4.69) is 0 Å². The van der Waals surface area contributed by atoms with Crippen molar-refractivity contribution in [3.05, 3.63) is 52.4 Å². The molecule has 0 saturated heterocycles. The third-order valence-corrected chi connectivity index (χ3v) is 3.16. The van der Waals surface area contributed by atoms with Crippen LogP contribution >= 0.6 is 23.2 Å². The largest absolute Gasteiger partial charge is 0.496 e. The Morgan fingerprint density at radius 1 is 1.24 bits per heavy atom. The first kappa shape index (κ1) is 12.3. The van der Waals surface area contributed by atoms with Crippen LogP contribution in [0, 0.1) is 6.92 Å². The van der Waals surface area contributed by atoms with E-state index >= 15 is 0 Å². The molecule has 17 heavy (non-hydrogen) atoms. The average molecular weight is 271 g/mol. The average Bonchev–Trinajstić information content (AvgIpc) is 2.75. The van der Waals surface area contributed by atoms with E-state index in [1.54, 1.807) is 25.3 Å². The fraction of sp³-hybridized carbons (Fsp3) is 0.231. The molecule has 1 aromatic carbocycles. The number of methoxy groups -OCH3 is 1. The molecule has 1 aromatic heterocycles. The van der Waals surface area contributed by atoms with Crippen LogP contribution < -0.4 is 4.74 Å². The quantitative estimate of drug-likeness (QED) is 0.762. The molecular weight excluding hydrogens is 259 g/mol. The van der Waals surface area contributed by atoms with Gasteiger partial charge in [-0.05, 0) is 37.3 Å². The standard InChI is InChI=1S/C13H12Cl2O2/c1-8-3-5-12(17-8)13(15)10-7-9(14)4-6-11(10)16-2/h3-7,13H,1-2H3. The molecule has 0 aliphatic rings. The number of benzene rings is 1. The van der Waals surface area contributed by atoms with Crippen LogP contribution in [0.3, 0.4) is 0 Å². The Morgan fingerprint density at radius 3 is 2.59 bits per heavy atom. The van der Waals surface area contributed by atoms with Crippen molar-refractivity contribution in [3.63, 3.8) is 0 Å².